The van der Waals surface area contributed by atoms with Crippen LogP contribution in [0.4, 0.5) is 10.5 Å². The van der Waals surface area contributed by atoms with Gasteiger partial charge in [-0.1, -0.05) is 38.4 Å². The molecular weight excluding hydrogens is 264 g/mol. The number of nitrogens with one attached hydrogen (secondary N) is 2. The molecule has 1 aromatic rings. The van der Waals surface area contributed by atoms with Gasteiger partial charge in [0.1, 0.15) is 0 Å². The number of carbonyl (C=O) groups excluding carboxylic acids is 1. The van der Waals surface area contributed by atoms with Crippen LogP contribution in [0.25, 0.3) is 0 Å². The lowest BCUT2D eigenvalue weighted by Gasteiger charge is -2.25. The molecule has 106 valence electrons. The molecule has 0 aliphatic heterocycles. The smallest absolute Gasteiger partial charge is 0.319 e. The summed E-state index contributed by atoms with van der Waals surface area (Å²) < 4.78 is 0. The summed E-state index contributed by atoms with van der Waals surface area (Å²) >= 11 is 6.02. The number of urea groups is 1. The van der Waals surface area contributed by atoms with Crippen molar-refractivity contribution in [3.63, 3.8) is 0 Å². The Balaban J connectivity index is 2.52. The number of aliphatic hydroxyl groups is 1. The van der Waals surface area contributed by atoms with Crippen molar-refractivity contribution in [1.82, 2.24) is 5.32 Å². The first-order chi connectivity index (χ1) is 8.70. The lowest BCUT2D eigenvalue weighted by atomic mass is 9.89. The van der Waals surface area contributed by atoms with Gasteiger partial charge in [0.05, 0.1) is 16.8 Å². The Morgan fingerprint density at radius 1 is 1.42 bits per heavy atom. The van der Waals surface area contributed by atoms with Crippen LogP contribution in [0.15, 0.2) is 18.2 Å². The molecule has 0 heterocycles. The lowest BCUT2D eigenvalue weighted by molar-refractivity contribution is 0.0654. The van der Waals surface area contributed by atoms with Gasteiger partial charge in [-0.3, -0.25) is 0 Å². The van der Waals surface area contributed by atoms with Crippen molar-refractivity contribution in [2.75, 3.05) is 11.9 Å². The number of hydrogen-bond donors (Lipinski definition) is 3. The first-order valence-electron chi connectivity index (χ1n) is 6.19. The maximum atomic E-state index is 11.7. The van der Waals surface area contributed by atoms with Gasteiger partial charge in [-0.2, -0.15) is 0 Å². The summed E-state index contributed by atoms with van der Waals surface area (Å²) in [7, 11) is 0. The number of amides is 2. The molecule has 0 aromatic heterocycles. The molecule has 2 amide bonds. The summed E-state index contributed by atoms with van der Waals surface area (Å²) in [6.07, 6.45) is -0.605. The standard InChI is InChI=1S/C14H21ClN2O2/c1-9-5-6-11(10(15)7-9)17-13(19)16-8-12(18)14(2,3)4/h5-7,12,18H,8H2,1-4H3,(H2,16,17,19). The highest BCUT2D eigenvalue weighted by molar-refractivity contribution is 6.33. The van der Waals surface area contributed by atoms with Gasteiger partial charge >= 0.3 is 6.03 Å². The second kappa shape index (κ2) is 6.26. The Bertz CT molecular complexity index is 455. The molecule has 5 heteroatoms. The molecule has 1 unspecified atom stereocenters. The van der Waals surface area contributed by atoms with Crippen molar-refractivity contribution in [3.8, 4) is 0 Å². The van der Waals surface area contributed by atoms with Gasteiger partial charge in [-0.25, -0.2) is 4.79 Å². The number of aliphatic hydroxyl groups excluding tert-OH is 1. The first kappa shape index (κ1) is 15.8. The Labute approximate surface area is 119 Å². The van der Waals surface area contributed by atoms with Crippen molar-refractivity contribution in [1.29, 1.82) is 0 Å². The minimum absolute atomic E-state index is 0.193. The third-order valence-corrected chi connectivity index (χ3v) is 3.14. The van der Waals surface area contributed by atoms with Crippen LogP contribution in [-0.4, -0.2) is 23.8 Å². The molecular formula is C14H21ClN2O2. The van der Waals surface area contributed by atoms with Crippen LogP contribution in [-0.2, 0) is 0 Å². The van der Waals surface area contributed by atoms with Gasteiger partial charge < -0.3 is 15.7 Å². The van der Waals surface area contributed by atoms with E-state index in [1.165, 1.54) is 0 Å². The Morgan fingerprint density at radius 2 is 2.05 bits per heavy atom. The molecule has 4 nitrogen and oxygen atoms in total. The molecule has 0 saturated heterocycles. The van der Waals surface area contributed by atoms with Gasteiger partial charge in [-0.15, -0.1) is 0 Å². The Kier molecular flexibility index (Phi) is 5.20. The van der Waals surface area contributed by atoms with Gasteiger partial charge in [0.2, 0.25) is 0 Å². The van der Waals surface area contributed by atoms with Gasteiger partial charge in [0, 0.05) is 6.54 Å². The number of anilines is 1. The predicted octanol–water partition coefficient (Wildman–Crippen LogP) is 3.18. The highest BCUT2D eigenvalue weighted by Crippen LogP contribution is 2.22. The van der Waals surface area contributed by atoms with Crippen LogP contribution in [0.2, 0.25) is 5.02 Å². The average molecular weight is 285 g/mol. The summed E-state index contributed by atoms with van der Waals surface area (Å²) in [6.45, 7) is 7.85. The largest absolute Gasteiger partial charge is 0.391 e. The molecule has 1 aromatic carbocycles. The minimum atomic E-state index is -0.605. The van der Waals surface area contributed by atoms with Crippen LogP contribution in [0.5, 0.6) is 0 Å². The molecule has 0 fully saturated rings. The molecule has 0 spiro atoms. The van der Waals surface area contributed by atoms with Gasteiger partial charge in [-0.05, 0) is 30.0 Å². The Morgan fingerprint density at radius 3 is 2.58 bits per heavy atom. The normalized spacial score (nSPS) is 12.9. The zero-order valence-electron chi connectivity index (χ0n) is 11.7. The van der Waals surface area contributed by atoms with Crippen molar-refractivity contribution in [2.45, 2.75) is 33.8 Å². The molecule has 19 heavy (non-hydrogen) atoms. The number of halogens is 1. The maximum absolute atomic E-state index is 11.7. The van der Waals surface area contributed by atoms with E-state index in [2.05, 4.69) is 10.6 Å². The van der Waals surface area contributed by atoms with E-state index in [1.54, 1.807) is 12.1 Å². The van der Waals surface area contributed by atoms with E-state index in [-0.39, 0.29) is 18.0 Å². The average Bonchev–Trinajstić information content (AvgIpc) is 2.28. The third-order valence-electron chi connectivity index (χ3n) is 2.83. The highest BCUT2D eigenvalue weighted by Gasteiger charge is 2.22. The zero-order valence-corrected chi connectivity index (χ0v) is 12.5. The fourth-order valence-corrected chi connectivity index (χ4v) is 1.67. The van der Waals surface area contributed by atoms with E-state index in [9.17, 15) is 9.90 Å². The summed E-state index contributed by atoms with van der Waals surface area (Å²) in [4.78, 5) is 11.7. The Hall–Kier alpha value is -1.26. The van der Waals surface area contributed by atoms with E-state index in [0.717, 1.165) is 5.56 Å². The third kappa shape index (κ3) is 5.09. The molecule has 0 aliphatic carbocycles. The first-order valence-corrected chi connectivity index (χ1v) is 6.57. The van der Waals surface area contributed by atoms with Crippen molar-refractivity contribution in [2.24, 2.45) is 5.41 Å². The van der Waals surface area contributed by atoms with E-state index in [1.807, 2.05) is 33.8 Å². The number of aryl methyl sites for hydroxylation is 1. The minimum Gasteiger partial charge on any atom is -0.391 e. The number of rotatable bonds is 3. The second-order valence-corrected chi connectivity index (χ2v) is 6.11. The van der Waals surface area contributed by atoms with E-state index in [4.69, 9.17) is 11.6 Å². The number of carbonyl (C=O) groups is 1. The van der Waals surface area contributed by atoms with Gasteiger partial charge in [0.25, 0.3) is 0 Å². The molecule has 3 N–H and O–H groups in total. The fourth-order valence-electron chi connectivity index (χ4n) is 1.38. The summed E-state index contributed by atoms with van der Waals surface area (Å²) in [6, 6.07) is 5.01. The SMILES string of the molecule is Cc1ccc(NC(=O)NCC(O)C(C)(C)C)c(Cl)c1. The van der Waals surface area contributed by atoms with Crippen molar-refractivity contribution >= 4 is 23.3 Å². The van der Waals surface area contributed by atoms with Crippen molar-refractivity contribution < 1.29 is 9.90 Å². The molecule has 0 radical (unpaired) electrons. The number of benzene rings is 1. The predicted molar refractivity (Wildman–Crippen MR) is 78.7 cm³/mol. The van der Waals surface area contributed by atoms with Crippen LogP contribution < -0.4 is 10.6 Å². The van der Waals surface area contributed by atoms with Crippen LogP contribution >= 0.6 is 11.6 Å². The summed E-state index contributed by atoms with van der Waals surface area (Å²) in [5, 5.41) is 15.6. The fraction of sp³-hybridized carbons (Fsp3) is 0.500. The maximum Gasteiger partial charge on any atom is 0.319 e. The zero-order chi connectivity index (χ0) is 14.6. The highest BCUT2D eigenvalue weighted by atomic mass is 35.5. The van der Waals surface area contributed by atoms with Crippen LogP contribution in [0, 0.1) is 12.3 Å². The van der Waals surface area contributed by atoms with Crippen LogP contribution in [0.3, 0.4) is 0 Å². The monoisotopic (exact) mass is 284 g/mol. The van der Waals surface area contributed by atoms with E-state index in [0.29, 0.717) is 10.7 Å². The molecule has 0 bridgehead atoms. The van der Waals surface area contributed by atoms with Crippen LogP contribution in [0.1, 0.15) is 26.3 Å². The topological polar surface area (TPSA) is 61.4 Å². The van der Waals surface area contributed by atoms with Gasteiger partial charge in [0.15, 0.2) is 0 Å². The van der Waals surface area contributed by atoms with E-state index >= 15 is 0 Å². The summed E-state index contributed by atoms with van der Waals surface area (Å²) in [5.41, 5.74) is 1.31. The molecule has 0 saturated carbocycles. The lowest BCUT2D eigenvalue weighted by Crippen LogP contribution is -2.40. The quantitative estimate of drug-likeness (QED) is 0.798. The summed E-state index contributed by atoms with van der Waals surface area (Å²) in [5.74, 6) is 0. The van der Waals surface area contributed by atoms with E-state index < -0.39 is 6.10 Å². The second-order valence-electron chi connectivity index (χ2n) is 5.70. The molecule has 1 atom stereocenters. The van der Waals surface area contributed by atoms with Crippen molar-refractivity contribution in [3.05, 3.63) is 28.8 Å². The molecule has 0 aliphatic rings. The molecule has 1 rings (SSSR count). The number of hydrogen-bond acceptors (Lipinski definition) is 2.